The second-order valence-electron chi connectivity index (χ2n) is 5.25. The van der Waals surface area contributed by atoms with Crippen LogP contribution in [0.2, 0.25) is 0 Å². The number of benzene rings is 1. The number of nitrogens with one attached hydrogen (secondary N) is 1. The SMILES string of the molecule is O=C(CSCc1ccncc1)NCC(O)c1ccccc1C(F)(F)F. The predicted octanol–water partition coefficient (Wildman–Crippen LogP) is 3.18. The molecule has 8 heteroatoms. The van der Waals surface area contributed by atoms with Crippen LogP contribution >= 0.6 is 11.8 Å². The van der Waals surface area contributed by atoms with Crippen molar-refractivity contribution in [2.45, 2.75) is 18.0 Å². The minimum absolute atomic E-state index is 0.149. The monoisotopic (exact) mass is 370 g/mol. The number of hydrogen-bond donors (Lipinski definition) is 2. The molecule has 2 N–H and O–H groups in total. The number of carbonyl (C=O) groups is 1. The molecule has 1 aromatic carbocycles. The van der Waals surface area contributed by atoms with Gasteiger partial charge in [0.25, 0.3) is 0 Å². The van der Waals surface area contributed by atoms with E-state index in [9.17, 15) is 23.1 Å². The number of alkyl halides is 3. The third-order valence-electron chi connectivity index (χ3n) is 3.37. The minimum atomic E-state index is -4.55. The van der Waals surface area contributed by atoms with Gasteiger partial charge in [0.1, 0.15) is 0 Å². The first-order chi connectivity index (χ1) is 11.9. The summed E-state index contributed by atoms with van der Waals surface area (Å²) in [6.45, 7) is -0.276. The molecular weight excluding hydrogens is 353 g/mol. The molecule has 0 aliphatic carbocycles. The Morgan fingerprint density at radius 1 is 1.20 bits per heavy atom. The van der Waals surface area contributed by atoms with Crippen LogP contribution in [-0.4, -0.2) is 28.3 Å². The number of halogens is 3. The molecule has 2 aromatic rings. The lowest BCUT2D eigenvalue weighted by molar-refractivity contribution is -0.139. The van der Waals surface area contributed by atoms with Crippen LogP contribution in [0.4, 0.5) is 13.2 Å². The predicted molar refractivity (Wildman–Crippen MR) is 89.8 cm³/mol. The lowest BCUT2D eigenvalue weighted by Crippen LogP contribution is -2.30. The van der Waals surface area contributed by atoms with Crippen LogP contribution in [0.15, 0.2) is 48.8 Å². The summed E-state index contributed by atoms with van der Waals surface area (Å²) >= 11 is 1.37. The van der Waals surface area contributed by atoms with E-state index >= 15 is 0 Å². The van der Waals surface area contributed by atoms with Crippen molar-refractivity contribution in [2.75, 3.05) is 12.3 Å². The zero-order valence-electron chi connectivity index (χ0n) is 13.2. The van der Waals surface area contributed by atoms with Crippen molar-refractivity contribution < 1.29 is 23.1 Å². The first-order valence-corrected chi connectivity index (χ1v) is 8.61. The summed E-state index contributed by atoms with van der Waals surface area (Å²) < 4.78 is 38.8. The van der Waals surface area contributed by atoms with Gasteiger partial charge in [0.05, 0.1) is 17.4 Å². The molecule has 1 aromatic heterocycles. The number of aliphatic hydroxyl groups is 1. The fourth-order valence-corrected chi connectivity index (χ4v) is 2.98. The second-order valence-corrected chi connectivity index (χ2v) is 6.24. The van der Waals surface area contributed by atoms with Crippen molar-refractivity contribution in [2.24, 2.45) is 0 Å². The lowest BCUT2D eigenvalue weighted by atomic mass is 10.0. The maximum absolute atomic E-state index is 12.9. The smallest absolute Gasteiger partial charge is 0.387 e. The Morgan fingerprint density at radius 3 is 2.56 bits per heavy atom. The molecule has 0 aliphatic rings. The number of amides is 1. The standard InChI is InChI=1S/C17H17F3N2O2S/c18-17(19,20)14-4-2-1-3-13(14)15(23)9-22-16(24)11-25-10-12-5-7-21-8-6-12/h1-8,15,23H,9-11H2,(H,22,24). The van der Waals surface area contributed by atoms with Crippen LogP contribution in [0.25, 0.3) is 0 Å². The van der Waals surface area contributed by atoms with E-state index in [2.05, 4.69) is 10.3 Å². The molecular formula is C17H17F3N2O2S. The van der Waals surface area contributed by atoms with E-state index in [-0.39, 0.29) is 23.8 Å². The van der Waals surface area contributed by atoms with E-state index < -0.39 is 17.8 Å². The summed E-state index contributed by atoms with van der Waals surface area (Å²) in [5.41, 5.74) is -0.129. The van der Waals surface area contributed by atoms with Gasteiger partial charge in [-0.1, -0.05) is 18.2 Å². The number of pyridine rings is 1. The van der Waals surface area contributed by atoms with E-state index in [1.165, 1.54) is 30.0 Å². The highest BCUT2D eigenvalue weighted by molar-refractivity contribution is 7.99. The second kappa shape index (κ2) is 8.87. The molecule has 0 fully saturated rings. The molecule has 0 aliphatic heterocycles. The molecule has 2 rings (SSSR count). The van der Waals surface area contributed by atoms with Crippen molar-refractivity contribution in [1.29, 1.82) is 0 Å². The summed E-state index contributed by atoms with van der Waals surface area (Å²) in [7, 11) is 0. The van der Waals surface area contributed by atoms with Crippen LogP contribution in [0.5, 0.6) is 0 Å². The van der Waals surface area contributed by atoms with Gasteiger partial charge in [-0.15, -0.1) is 11.8 Å². The van der Waals surface area contributed by atoms with Crippen molar-refractivity contribution in [3.05, 3.63) is 65.5 Å². The van der Waals surface area contributed by atoms with E-state index in [1.54, 1.807) is 12.4 Å². The van der Waals surface area contributed by atoms with Crippen LogP contribution in [-0.2, 0) is 16.7 Å². The average molecular weight is 370 g/mol. The zero-order valence-corrected chi connectivity index (χ0v) is 14.0. The van der Waals surface area contributed by atoms with Gasteiger partial charge in [0.2, 0.25) is 5.91 Å². The number of nitrogens with zero attached hydrogens (tertiary/aromatic N) is 1. The Balaban J connectivity index is 1.82. The Labute approximate surface area is 147 Å². The highest BCUT2D eigenvalue weighted by Gasteiger charge is 2.34. The normalized spacial score (nSPS) is 12.6. The number of thioether (sulfide) groups is 1. The van der Waals surface area contributed by atoms with Gasteiger partial charge in [0, 0.05) is 24.7 Å². The lowest BCUT2D eigenvalue weighted by Gasteiger charge is -2.17. The summed E-state index contributed by atoms with van der Waals surface area (Å²) in [6.07, 6.45) is -2.66. The fraction of sp³-hybridized carbons (Fsp3) is 0.294. The molecule has 1 heterocycles. The van der Waals surface area contributed by atoms with Crippen LogP contribution in [0.1, 0.15) is 22.8 Å². The third kappa shape index (κ3) is 6.06. The van der Waals surface area contributed by atoms with Crippen molar-refractivity contribution >= 4 is 17.7 Å². The Hall–Kier alpha value is -2.06. The summed E-state index contributed by atoms with van der Waals surface area (Å²) in [4.78, 5) is 15.7. The molecule has 134 valence electrons. The van der Waals surface area contributed by atoms with Gasteiger partial charge in [-0.25, -0.2) is 0 Å². The number of rotatable bonds is 7. The maximum atomic E-state index is 12.9. The first-order valence-electron chi connectivity index (χ1n) is 7.45. The number of aromatic nitrogens is 1. The molecule has 0 radical (unpaired) electrons. The van der Waals surface area contributed by atoms with Crippen LogP contribution < -0.4 is 5.32 Å². The minimum Gasteiger partial charge on any atom is -0.387 e. The number of carbonyl (C=O) groups excluding carboxylic acids is 1. The van der Waals surface area contributed by atoms with E-state index in [4.69, 9.17) is 0 Å². The third-order valence-corrected chi connectivity index (χ3v) is 4.37. The average Bonchev–Trinajstić information content (AvgIpc) is 2.60. The highest BCUT2D eigenvalue weighted by atomic mass is 32.2. The van der Waals surface area contributed by atoms with E-state index in [1.807, 2.05) is 12.1 Å². The molecule has 1 unspecified atom stereocenters. The number of hydrogen-bond acceptors (Lipinski definition) is 4. The van der Waals surface area contributed by atoms with Gasteiger partial charge in [-0.3, -0.25) is 9.78 Å². The Bertz CT molecular complexity index is 696. The first kappa shape index (κ1) is 19.3. The Morgan fingerprint density at radius 2 is 1.88 bits per heavy atom. The fourth-order valence-electron chi connectivity index (χ4n) is 2.16. The zero-order chi connectivity index (χ0) is 18.3. The van der Waals surface area contributed by atoms with Gasteiger partial charge in [-0.05, 0) is 29.3 Å². The van der Waals surface area contributed by atoms with Gasteiger partial charge in [-0.2, -0.15) is 13.2 Å². The largest absolute Gasteiger partial charge is 0.416 e. The van der Waals surface area contributed by atoms with E-state index in [0.29, 0.717) is 5.75 Å². The van der Waals surface area contributed by atoms with Crippen LogP contribution in [0, 0.1) is 0 Å². The molecule has 1 amide bonds. The van der Waals surface area contributed by atoms with Crippen molar-refractivity contribution in [3.8, 4) is 0 Å². The highest BCUT2D eigenvalue weighted by Crippen LogP contribution is 2.34. The van der Waals surface area contributed by atoms with Gasteiger partial charge >= 0.3 is 6.18 Å². The Kier molecular flexibility index (Phi) is 6.83. The summed E-state index contributed by atoms with van der Waals surface area (Å²) in [5.74, 6) is 0.424. The van der Waals surface area contributed by atoms with Crippen molar-refractivity contribution in [3.63, 3.8) is 0 Å². The molecule has 0 saturated carbocycles. The molecule has 0 spiro atoms. The molecule has 1 atom stereocenters. The summed E-state index contributed by atoms with van der Waals surface area (Å²) in [5, 5.41) is 12.4. The molecule has 0 saturated heterocycles. The maximum Gasteiger partial charge on any atom is 0.416 e. The van der Waals surface area contributed by atoms with E-state index in [0.717, 1.165) is 11.6 Å². The quantitative estimate of drug-likeness (QED) is 0.786. The molecule has 0 bridgehead atoms. The topological polar surface area (TPSA) is 62.2 Å². The molecule has 25 heavy (non-hydrogen) atoms. The van der Waals surface area contributed by atoms with Gasteiger partial charge in [0.15, 0.2) is 0 Å². The summed E-state index contributed by atoms with van der Waals surface area (Å²) in [6, 6.07) is 8.46. The van der Waals surface area contributed by atoms with Crippen molar-refractivity contribution in [1.82, 2.24) is 10.3 Å². The number of aliphatic hydroxyl groups excluding tert-OH is 1. The molecule has 4 nitrogen and oxygen atoms in total. The van der Waals surface area contributed by atoms with Gasteiger partial charge < -0.3 is 10.4 Å². The van der Waals surface area contributed by atoms with Crippen LogP contribution in [0.3, 0.4) is 0 Å².